The number of aromatic nitrogens is 1. The Balaban J connectivity index is 2.08. The zero-order valence-corrected chi connectivity index (χ0v) is 10.9. The molecule has 1 amide bonds. The number of carbonyl (C=O) groups excluding carboxylic acids is 1. The van der Waals surface area contributed by atoms with Crippen molar-refractivity contribution in [3.8, 4) is 0 Å². The monoisotopic (exact) mass is 255 g/mol. The SMILES string of the molecule is CC(C)n1cc(Cl)cc1C(=O)NC1CC(N)C1. The van der Waals surface area contributed by atoms with Crippen LogP contribution in [0.1, 0.15) is 43.2 Å². The predicted octanol–water partition coefficient (Wildman–Crippen LogP) is 1.94. The molecule has 4 nitrogen and oxygen atoms in total. The van der Waals surface area contributed by atoms with Gasteiger partial charge in [-0.15, -0.1) is 0 Å². The van der Waals surface area contributed by atoms with Gasteiger partial charge in [0, 0.05) is 24.3 Å². The summed E-state index contributed by atoms with van der Waals surface area (Å²) in [6.07, 6.45) is 3.51. The molecule has 0 saturated heterocycles. The highest BCUT2D eigenvalue weighted by Crippen LogP contribution is 2.21. The molecular formula is C12H18ClN3O. The van der Waals surface area contributed by atoms with Gasteiger partial charge in [0.05, 0.1) is 5.02 Å². The minimum atomic E-state index is -0.0671. The summed E-state index contributed by atoms with van der Waals surface area (Å²) in [5.41, 5.74) is 6.30. The lowest BCUT2D eigenvalue weighted by atomic mass is 9.87. The van der Waals surface area contributed by atoms with Gasteiger partial charge in [-0.25, -0.2) is 0 Å². The van der Waals surface area contributed by atoms with E-state index >= 15 is 0 Å². The van der Waals surface area contributed by atoms with Crippen molar-refractivity contribution in [3.63, 3.8) is 0 Å². The van der Waals surface area contributed by atoms with Crippen molar-refractivity contribution in [2.24, 2.45) is 5.73 Å². The smallest absolute Gasteiger partial charge is 0.268 e. The zero-order valence-electron chi connectivity index (χ0n) is 10.1. The number of halogens is 1. The lowest BCUT2D eigenvalue weighted by molar-refractivity contribution is 0.0899. The number of amides is 1. The first kappa shape index (κ1) is 12.5. The average molecular weight is 256 g/mol. The fourth-order valence-electron chi connectivity index (χ4n) is 2.09. The Morgan fingerprint density at radius 1 is 1.59 bits per heavy atom. The van der Waals surface area contributed by atoms with Crippen LogP contribution in [0.4, 0.5) is 0 Å². The van der Waals surface area contributed by atoms with Gasteiger partial charge in [-0.3, -0.25) is 4.79 Å². The molecule has 0 radical (unpaired) electrons. The molecule has 1 aromatic heterocycles. The predicted molar refractivity (Wildman–Crippen MR) is 68.3 cm³/mol. The average Bonchev–Trinajstić information content (AvgIpc) is 2.58. The molecule has 0 bridgehead atoms. The normalized spacial score (nSPS) is 23.6. The molecule has 0 atom stereocenters. The van der Waals surface area contributed by atoms with Gasteiger partial charge >= 0.3 is 0 Å². The van der Waals surface area contributed by atoms with Crippen LogP contribution in [-0.2, 0) is 0 Å². The molecule has 0 aromatic carbocycles. The van der Waals surface area contributed by atoms with Crippen molar-refractivity contribution in [2.75, 3.05) is 0 Å². The second kappa shape index (κ2) is 4.70. The fraction of sp³-hybridized carbons (Fsp3) is 0.583. The number of nitrogens with two attached hydrogens (primary N) is 1. The van der Waals surface area contributed by atoms with Gasteiger partial charge in [0.1, 0.15) is 5.69 Å². The molecule has 0 aliphatic heterocycles. The molecule has 3 N–H and O–H groups in total. The molecule has 1 aromatic rings. The van der Waals surface area contributed by atoms with E-state index in [0.717, 1.165) is 12.8 Å². The van der Waals surface area contributed by atoms with Crippen LogP contribution in [-0.4, -0.2) is 22.6 Å². The molecule has 1 saturated carbocycles. The van der Waals surface area contributed by atoms with E-state index in [2.05, 4.69) is 5.32 Å². The molecule has 0 unspecified atom stereocenters. The van der Waals surface area contributed by atoms with Gasteiger partial charge in [-0.05, 0) is 32.8 Å². The van der Waals surface area contributed by atoms with E-state index in [1.807, 2.05) is 18.4 Å². The quantitative estimate of drug-likeness (QED) is 0.867. The second-order valence-electron chi connectivity index (χ2n) is 4.95. The van der Waals surface area contributed by atoms with Gasteiger partial charge in [0.2, 0.25) is 0 Å². The lowest BCUT2D eigenvalue weighted by Gasteiger charge is -2.33. The topological polar surface area (TPSA) is 60.0 Å². The summed E-state index contributed by atoms with van der Waals surface area (Å²) >= 11 is 5.94. The van der Waals surface area contributed by atoms with Crippen LogP contribution in [0.15, 0.2) is 12.3 Å². The summed E-state index contributed by atoms with van der Waals surface area (Å²) in [4.78, 5) is 12.1. The van der Waals surface area contributed by atoms with E-state index in [-0.39, 0.29) is 24.0 Å². The van der Waals surface area contributed by atoms with Crippen molar-refractivity contribution >= 4 is 17.5 Å². The Hall–Kier alpha value is -1.00. The molecule has 2 rings (SSSR count). The number of carbonyl (C=O) groups is 1. The maximum Gasteiger partial charge on any atom is 0.268 e. The Morgan fingerprint density at radius 2 is 2.24 bits per heavy atom. The van der Waals surface area contributed by atoms with E-state index in [9.17, 15) is 4.79 Å². The fourth-order valence-corrected chi connectivity index (χ4v) is 2.30. The molecule has 0 spiro atoms. The molecule has 17 heavy (non-hydrogen) atoms. The summed E-state index contributed by atoms with van der Waals surface area (Å²) in [7, 11) is 0. The van der Waals surface area contributed by atoms with Crippen LogP contribution in [0.3, 0.4) is 0 Å². The Morgan fingerprint density at radius 3 is 2.76 bits per heavy atom. The van der Waals surface area contributed by atoms with E-state index in [1.54, 1.807) is 12.3 Å². The van der Waals surface area contributed by atoms with Crippen molar-refractivity contribution in [2.45, 2.75) is 44.8 Å². The van der Waals surface area contributed by atoms with Crippen LogP contribution in [0.5, 0.6) is 0 Å². The highest BCUT2D eigenvalue weighted by atomic mass is 35.5. The molecule has 1 aliphatic rings. The third kappa shape index (κ3) is 2.64. The van der Waals surface area contributed by atoms with E-state index in [4.69, 9.17) is 17.3 Å². The second-order valence-corrected chi connectivity index (χ2v) is 5.38. The first-order valence-corrected chi connectivity index (χ1v) is 6.29. The van der Waals surface area contributed by atoms with Gasteiger partial charge in [0.25, 0.3) is 5.91 Å². The maximum absolute atomic E-state index is 12.1. The minimum Gasteiger partial charge on any atom is -0.348 e. The minimum absolute atomic E-state index is 0.0671. The van der Waals surface area contributed by atoms with E-state index in [0.29, 0.717) is 10.7 Å². The first-order chi connectivity index (χ1) is 7.97. The Kier molecular flexibility index (Phi) is 3.45. The van der Waals surface area contributed by atoms with Crippen LogP contribution >= 0.6 is 11.6 Å². The first-order valence-electron chi connectivity index (χ1n) is 5.91. The summed E-state index contributed by atoms with van der Waals surface area (Å²) in [5.74, 6) is -0.0671. The van der Waals surface area contributed by atoms with Crippen molar-refractivity contribution in [3.05, 3.63) is 23.0 Å². The van der Waals surface area contributed by atoms with Gasteiger partial charge in [0.15, 0.2) is 0 Å². The lowest BCUT2D eigenvalue weighted by Crippen LogP contribution is -2.50. The van der Waals surface area contributed by atoms with Crippen LogP contribution in [0.25, 0.3) is 0 Å². The van der Waals surface area contributed by atoms with Crippen LogP contribution in [0.2, 0.25) is 5.02 Å². The van der Waals surface area contributed by atoms with Crippen LogP contribution < -0.4 is 11.1 Å². The largest absolute Gasteiger partial charge is 0.348 e. The number of nitrogens with zero attached hydrogens (tertiary/aromatic N) is 1. The number of nitrogens with one attached hydrogen (secondary N) is 1. The summed E-state index contributed by atoms with van der Waals surface area (Å²) < 4.78 is 1.89. The molecular weight excluding hydrogens is 238 g/mol. The van der Waals surface area contributed by atoms with Crippen molar-refractivity contribution < 1.29 is 4.79 Å². The van der Waals surface area contributed by atoms with Crippen molar-refractivity contribution in [1.82, 2.24) is 9.88 Å². The zero-order chi connectivity index (χ0) is 12.6. The molecule has 1 aliphatic carbocycles. The highest BCUT2D eigenvalue weighted by molar-refractivity contribution is 6.31. The summed E-state index contributed by atoms with van der Waals surface area (Å²) in [6, 6.07) is 2.37. The standard InChI is InChI=1S/C12H18ClN3O/c1-7(2)16-6-8(13)3-11(16)12(17)15-10-4-9(14)5-10/h3,6-7,9-10H,4-5,14H2,1-2H3,(H,15,17). The van der Waals surface area contributed by atoms with Gasteiger partial charge < -0.3 is 15.6 Å². The number of rotatable bonds is 3. The van der Waals surface area contributed by atoms with Crippen LogP contribution in [0, 0.1) is 0 Å². The molecule has 5 heteroatoms. The number of hydrogen-bond donors (Lipinski definition) is 2. The third-order valence-electron chi connectivity index (χ3n) is 3.11. The van der Waals surface area contributed by atoms with Crippen molar-refractivity contribution in [1.29, 1.82) is 0 Å². The molecule has 1 heterocycles. The Labute approximate surface area is 106 Å². The summed E-state index contributed by atoms with van der Waals surface area (Å²) in [6.45, 7) is 4.04. The van der Waals surface area contributed by atoms with Gasteiger partial charge in [-0.2, -0.15) is 0 Å². The molecule has 1 fully saturated rings. The molecule has 94 valence electrons. The highest BCUT2D eigenvalue weighted by Gasteiger charge is 2.28. The summed E-state index contributed by atoms with van der Waals surface area (Å²) in [5, 5.41) is 3.57. The third-order valence-corrected chi connectivity index (χ3v) is 3.32. The van der Waals surface area contributed by atoms with E-state index < -0.39 is 0 Å². The number of hydrogen-bond acceptors (Lipinski definition) is 2. The maximum atomic E-state index is 12.1. The van der Waals surface area contributed by atoms with Gasteiger partial charge in [-0.1, -0.05) is 11.6 Å². The van der Waals surface area contributed by atoms with E-state index in [1.165, 1.54) is 0 Å². The Bertz CT molecular complexity index is 421.